The second-order valence-corrected chi connectivity index (χ2v) is 6.00. The number of aryl methyl sites for hydroxylation is 2. The van der Waals surface area contributed by atoms with Gasteiger partial charge in [0.05, 0.1) is 14.1 Å². The molecule has 2 aromatic heterocycles. The first-order valence-corrected chi connectivity index (χ1v) is 7.73. The summed E-state index contributed by atoms with van der Waals surface area (Å²) in [6.07, 6.45) is 8.12. The number of aromatic nitrogens is 4. The molecule has 0 aliphatic heterocycles. The van der Waals surface area contributed by atoms with Crippen molar-refractivity contribution in [1.82, 2.24) is 9.13 Å². The molecule has 0 bridgehead atoms. The van der Waals surface area contributed by atoms with E-state index in [9.17, 15) is 0 Å². The van der Waals surface area contributed by atoms with Crippen LogP contribution in [-0.4, -0.2) is 9.13 Å². The van der Waals surface area contributed by atoms with Crippen molar-refractivity contribution in [2.45, 2.75) is 0 Å². The maximum atomic E-state index is 3.62. The van der Waals surface area contributed by atoms with E-state index in [1.807, 2.05) is 60.1 Å². The summed E-state index contributed by atoms with van der Waals surface area (Å²) in [7, 11) is 4.02. The molecule has 0 atom stereocenters. The normalized spacial score (nSPS) is 11.0. The van der Waals surface area contributed by atoms with Gasteiger partial charge < -0.3 is 0 Å². The van der Waals surface area contributed by atoms with E-state index in [1.54, 1.807) is 0 Å². The van der Waals surface area contributed by atoms with Crippen molar-refractivity contribution in [1.29, 1.82) is 0 Å². The molecular weight excluding hydrogens is 384 g/mol. The molecule has 0 unspecified atom stereocenters. The van der Waals surface area contributed by atoms with Crippen molar-refractivity contribution in [3.05, 3.63) is 58.5 Å². The first-order valence-electron chi connectivity index (χ1n) is 6.14. The van der Waals surface area contributed by atoms with Crippen LogP contribution in [0.5, 0.6) is 0 Å². The topological polar surface area (TPSA) is 17.6 Å². The van der Waals surface area contributed by atoms with Crippen LogP contribution in [0.15, 0.2) is 58.5 Å². The second kappa shape index (κ2) is 5.18. The number of hydrogen-bond acceptors (Lipinski definition) is 0. The van der Waals surface area contributed by atoms with Gasteiger partial charge in [0.25, 0.3) is 0 Å². The third-order valence-corrected chi connectivity index (χ3v) is 5.14. The Labute approximate surface area is 134 Å². The third-order valence-electron chi connectivity index (χ3n) is 3.26. The minimum absolute atomic E-state index is 0.998. The molecule has 0 saturated carbocycles. The molecule has 0 radical (unpaired) electrons. The number of para-hydroxylation sites is 2. The van der Waals surface area contributed by atoms with Crippen LogP contribution >= 0.6 is 31.9 Å². The molecule has 20 heavy (non-hydrogen) atoms. The largest absolute Gasteiger partial charge is 0.330 e. The molecule has 0 fully saturated rings. The predicted molar refractivity (Wildman–Crippen MR) is 82.8 cm³/mol. The van der Waals surface area contributed by atoms with Crippen LogP contribution in [-0.2, 0) is 14.1 Å². The van der Waals surface area contributed by atoms with Crippen molar-refractivity contribution >= 4 is 31.9 Å². The number of rotatable bonds is 2. The highest BCUT2D eigenvalue weighted by molar-refractivity contribution is 9.10. The van der Waals surface area contributed by atoms with Crippen molar-refractivity contribution in [2.24, 2.45) is 14.1 Å². The summed E-state index contributed by atoms with van der Waals surface area (Å²) in [6.45, 7) is 0. The quantitative estimate of drug-likeness (QED) is 0.591. The van der Waals surface area contributed by atoms with E-state index >= 15 is 0 Å². The summed E-state index contributed by atoms with van der Waals surface area (Å²) in [5, 5.41) is 0. The fourth-order valence-corrected chi connectivity index (χ4v) is 3.01. The lowest BCUT2D eigenvalue weighted by Gasteiger charge is -2.03. The highest BCUT2D eigenvalue weighted by Gasteiger charge is 2.22. The Morgan fingerprint density at radius 1 is 0.800 bits per heavy atom. The monoisotopic (exact) mass is 396 g/mol. The van der Waals surface area contributed by atoms with Gasteiger partial charge in [-0.2, -0.15) is 9.13 Å². The van der Waals surface area contributed by atoms with E-state index < -0.39 is 0 Å². The van der Waals surface area contributed by atoms with Crippen LogP contribution in [0.1, 0.15) is 0 Å². The Hall–Kier alpha value is -1.40. The molecule has 6 heteroatoms. The Bertz CT molecular complexity index is 708. The zero-order chi connectivity index (χ0) is 14.3. The molecule has 0 spiro atoms. The number of benzene rings is 1. The molecule has 3 rings (SSSR count). The van der Waals surface area contributed by atoms with Crippen molar-refractivity contribution in [2.75, 3.05) is 0 Å². The smallest absolute Gasteiger partial charge is 0.227 e. The van der Waals surface area contributed by atoms with E-state index in [2.05, 4.69) is 53.1 Å². The van der Waals surface area contributed by atoms with Crippen LogP contribution in [0.2, 0.25) is 0 Å². The second-order valence-electron chi connectivity index (χ2n) is 4.58. The van der Waals surface area contributed by atoms with Crippen LogP contribution in [0.4, 0.5) is 0 Å². The minimum atomic E-state index is 0.998. The average molecular weight is 398 g/mol. The fourth-order valence-electron chi connectivity index (χ4n) is 2.15. The predicted octanol–water partition coefficient (Wildman–Crippen LogP) is 2.44. The average Bonchev–Trinajstić information content (AvgIpc) is 2.95. The summed E-state index contributed by atoms with van der Waals surface area (Å²) in [4.78, 5) is 0. The number of halogens is 2. The van der Waals surface area contributed by atoms with Crippen molar-refractivity contribution in [3.63, 3.8) is 0 Å². The summed E-state index contributed by atoms with van der Waals surface area (Å²) in [5.74, 6) is 0. The van der Waals surface area contributed by atoms with Gasteiger partial charge in [-0.25, -0.2) is 9.13 Å². The summed E-state index contributed by atoms with van der Waals surface area (Å²) < 4.78 is 10.3. The van der Waals surface area contributed by atoms with E-state index in [0.717, 1.165) is 20.8 Å². The van der Waals surface area contributed by atoms with E-state index in [4.69, 9.17) is 0 Å². The summed E-state index contributed by atoms with van der Waals surface area (Å²) >= 11 is 7.23. The van der Waals surface area contributed by atoms with Crippen molar-refractivity contribution in [3.8, 4) is 11.4 Å². The van der Waals surface area contributed by atoms with Gasteiger partial charge in [-0.05, 0) is 12.1 Å². The lowest BCUT2D eigenvalue weighted by Crippen LogP contribution is -2.27. The van der Waals surface area contributed by atoms with Crippen LogP contribution < -0.4 is 9.13 Å². The maximum absolute atomic E-state index is 3.62. The Morgan fingerprint density at radius 2 is 1.20 bits per heavy atom. The van der Waals surface area contributed by atoms with Gasteiger partial charge in [-0.1, -0.05) is 12.1 Å². The lowest BCUT2D eigenvalue weighted by molar-refractivity contribution is -0.682. The Kier molecular flexibility index (Phi) is 3.52. The molecule has 0 N–H and O–H groups in total. The zero-order valence-electron chi connectivity index (χ0n) is 11.2. The Morgan fingerprint density at radius 3 is 1.50 bits per heavy atom. The molecular formula is C14H14Br2N4+2. The lowest BCUT2D eigenvalue weighted by atomic mass is 10.2. The van der Waals surface area contributed by atoms with Gasteiger partial charge in [0.2, 0.25) is 0 Å². The first-order chi connectivity index (χ1) is 9.59. The molecule has 0 saturated heterocycles. The van der Waals surface area contributed by atoms with Gasteiger partial charge in [-0.15, -0.1) is 0 Å². The van der Waals surface area contributed by atoms with Gasteiger partial charge in [0.1, 0.15) is 24.8 Å². The van der Waals surface area contributed by atoms with E-state index in [-0.39, 0.29) is 0 Å². The van der Waals surface area contributed by atoms with Crippen LogP contribution in [0.3, 0.4) is 0 Å². The van der Waals surface area contributed by atoms with Crippen LogP contribution in [0.25, 0.3) is 11.4 Å². The van der Waals surface area contributed by atoms with Crippen molar-refractivity contribution < 1.29 is 9.13 Å². The highest BCUT2D eigenvalue weighted by atomic mass is 79.9. The molecule has 0 aliphatic carbocycles. The SMILES string of the molecule is C[n+]1ccn(-c2ccccc2-n2cc[n+](C)c2Br)c1Br. The summed E-state index contributed by atoms with van der Waals surface area (Å²) in [6, 6.07) is 8.30. The fraction of sp³-hybridized carbons (Fsp3) is 0.143. The standard InChI is InChI=1S/C14H14Br2N4/c1-17-7-9-19(13(17)15)11-5-3-4-6-12(11)20-10-8-18(2)14(20)16/h3-10H,1-2H3/q+2. The first kappa shape index (κ1) is 13.6. The molecule has 0 amide bonds. The van der Waals surface area contributed by atoms with Gasteiger partial charge in [0, 0.05) is 31.9 Å². The molecule has 102 valence electrons. The number of hydrogen-bond donors (Lipinski definition) is 0. The van der Waals surface area contributed by atoms with Crippen LogP contribution in [0, 0.1) is 0 Å². The zero-order valence-corrected chi connectivity index (χ0v) is 14.3. The number of imidazole rings is 2. The third kappa shape index (κ3) is 2.13. The minimum Gasteiger partial charge on any atom is -0.227 e. The van der Waals surface area contributed by atoms with Gasteiger partial charge in [-0.3, -0.25) is 0 Å². The van der Waals surface area contributed by atoms with Gasteiger partial charge >= 0.3 is 9.47 Å². The maximum Gasteiger partial charge on any atom is 0.330 e. The van der Waals surface area contributed by atoms with E-state index in [1.165, 1.54) is 0 Å². The molecule has 4 nitrogen and oxygen atoms in total. The molecule has 0 aliphatic rings. The molecule has 2 heterocycles. The van der Waals surface area contributed by atoms with Gasteiger partial charge in [0.15, 0.2) is 11.4 Å². The molecule has 3 aromatic rings. The Balaban J connectivity index is 2.24. The van der Waals surface area contributed by atoms with E-state index in [0.29, 0.717) is 0 Å². The number of nitrogens with zero attached hydrogens (tertiary/aromatic N) is 4. The summed E-state index contributed by atoms with van der Waals surface area (Å²) in [5.41, 5.74) is 2.22. The highest BCUT2D eigenvalue weighted by Crippen LogP contribution is 2.23. The molecule has 1 aromatic carbocycles.